The Bertz CT molecular complexity index is 601. The van der Waals surface area contributed by atoms with Crippen molar-refractivity contribution in [2.45, 2.75) is 25.9 Å². The van der Waals surface area contributed by atoms with Crippen molar-refractivity contribution in [2.75, 3.05) is 6.61 Å². The minimum Gasteiger partial charge on any atom is -0.493 e. The van der Waals surface area contributed by atoms with Crippen LogP contribution in [0.1, 0.15) is 29.3 Å². The molecule has 0 saturated carbocycles. The summed E-state index contributed by atoms with van der Waals surface area (Å²) in [7, 11) is 0. The maximum absolute atomic E-state index is 6.23. The molecular weight excluding hydrogens is 272 g/mol. The van der Waals surface area contributed by atoms with Gasteiger partial charge in [0.25, 0.3) is 0 Å². The molecule has 0 saturated heterocycles. The highest BCUT2D eigenvalue weighted by Crippen LogP contribution is 2.35. The zero-order valence-electron chi connectivity index (χ0n) is 11.4. The molecule has 1 atom stereocenters. The third-order valence-corrected chi connectivity index (χ3v) is 3.99. The molecule has 20 heavy (non-hydrogen) atoms. The standard InChI is InChI=1S/C16H17ClN2O/c1-11-8-16-13(9-14(11)17)15(5-7-20-16)19-10-12-4-2-3-6-18-12/h2-4,6,8-9,15,19H,5,7,10H2,1H3. The number of hydrogen-bond acceptors (Lipinski definition) is 3. The summed E-state index contributed by atoms with van der Waals surface area (Å²) < 4.78 is 5.73. The molecule has 4 heteroatoms. The molecule has 1 unspecified atom stereocenters. The highest BCUT2D eigenvalue weighted by atomic mass is 35.5. The van der Waals surface area contributed by atoms with Crippen molar-refractivity contribution in [3.05, 3.63) is 58.4 Å². The zero-order valence-corrected chi connectivity index (χ0v) is 12.2. The quantitative estimate of drug-likeness (QED) is 0.936. The summed E-state index contributed by atoms with van der Waals surface area (Å²) in [6, 6.07) is 10.3. The number of hydrogen-bond donors (Lipinski definition) is 1. The van der Waals surface area contributed by atoms with Crippen LogP contribution in [0.3, 0.4) is 0 Å². The third-order valence-electron chi connectivity index (χ3n) is 3.59. The molecule has 0 aliphatic carbocycles. The highest BCUT2D eigenvalue weighted by molar-refractivity contribution is 6.31. The van der Waals surface area contributed by atoms with Gasteiger partial charge in [0.05, 0.1) is 12.3 Å². The molecule has 1 aliphatic rings. The van der Waals surface area contributed by atoms with E-state index in [4.69, 9.17) is 16.3 Å². The Kier molecular flexibility index (Phi) is 3.90. The Hall–Kier alpha value is -1.58. The average Bonchev–Trinajstić information content (AvgIpc) is 2.47. The van der Waals surface area contributed by atoms with E-state index < -0.39 is 0 Å². The molecule has 3 rings (SSSR count). The summed E-state index contributed by atoms with van der Waals surface area (Å²) in [4.78, 5) is 4.33. The normalized spacial score (nSPS) is 17.4. The van der Waals surface area contributed by atoms with E-state index in [1.54, 1.807) is 0 Å². The van der Waals surface area contributed by atoms with E-state index in [1.165, 1.54) is 0 Å². The van der Waals surface area contributed by atoms with Crippen LogP contribution in [0.5, 0.6) is 5.75 Å². The molecule has 2 aromatic rings. The van der Waals surface area contributed by atoms with Gasteiger partial charge in [-0.25, -0.2) is 0 Å². The first kappa shape index (κ1) is 13.4. The van der Waals surface area contributed by atoms with E-state index in [1.807, 2.05) is 43.5 Å². The molecule has 3 nitrogen and oxygen atoms in total. The van der Waals surface area contributed by atoms with Crippen molar-refractivity contribution < 1.29 is 4.74 Å². The average molecular weight is 289 g/mol. The van der Waals surface area contributed by atoms with Crippen molar-refractivity contribution in [3.8, 4) is 5.75 Å². The van der Waals surface area contributed by atoms with Gasteiger partial charge in [0.15, 0.2) is 0 Å². The molecule has 1 aromatic heterocycles. The van der Waals surface area contributed by atoms with Crippen LogP contribution in [-0.2, 0) is 6.54 Å². The van der Waals surface area contributed by atoms with E-state index in [2.05, 4.69) is 10.3 Å². The van der Waals surface area contributed by atoms with Crippen LogP contribution in [0, 0.1) is 6.92 Å². The number of aryl methyl sites for hydroxylation is 1. The van der Waals surface area contributed by atoms with Gasteiger partial charge >= 0.3 is 0 Å². The highest BCUT2D eigenvalue weighted by Gasteiger charge is 2.22. The van der Waals surface area contributed by atoms with Crippen LogP contribution in [0.25, 0.3) is 0 Å². The smallest absolute Gasteiger partial charge is 0.124 e. The molecule has 1 aromatic carbocycles. The molecule has 0 bridgehead atoms. The second-order valence-corrected chi connectivity index (χ2v) is 5.44. The van der Waals surface area contributed by atoms with Gasteiger partial charge in [-0.2, -0.15) is 0 Å². The number of nitrogens with zero attached hydrogens (tertiary/aromatic N) is 1. The van der Waals surface area contributed by atoms with Gasteiger partial charge < -0.3 is 10.1 Å². The second kappa shape index (κ2) is 5.81. The van der Waals surface area contributed by atoms with Crippen LogP contribution < -0.4 is 10.1 Å². The van der Waals surface area contributed by atoms with Crippen LogP contribution in [0.2, 0.25) is 5.02 Å². The summed E-state index contributed by atoms with van der Waals surface area (Å²) >= 11 is 6.23. The minimum absolute atomic E-state index is 0.263. The summed E-state index contributed by atoms with van der Waals surface area (Å²) in [5.41, 5.74) is 3.23. The lowest BCUT2D eigenvalue weighted by Crippen LogP contribution is -2.27. The first-order valence-corrected chi connectivity index (χ1v) is 7.18. The zero-order chi connectivity index (χ0) is 13.9. The van der Waals surface area contributed by atoms with E-state index in [-0.39, 0.29) is 6.04 Å². The number of fused-ring (bicyclic) bond motifs is 1. The molecule has 0 spiro atoms. The van der Waals surface area contributed by atoms with Crippen LogP contribution >= 0.6 is 11.6 Å². The van der Waals surface area contributed by atoms with E-state index in [9.17, 15) is 0 Å². The Morgan fingerprint density at radius 1 is 1.40 bits per heavy atom. The predicted molar refractivity (Wildman–Crippen MR) is 80.1 cm³/mol. The van der Waals surface area contributed by atoms with Crippen molar-refractivity contribution in [1.82, 2.24) is 10.3 Å². The SMILES string of the molecule is Cc1cc2c(cc1Cl)C(NCc1ccccn1)CCO2. The van der Waals surface area contributed by atoms with Gasteiger partial charge in [-0.3, -0.25) is 4.98 Å². The van der Waals surface area contributed by atoms with Gasteiger partial charge in [0.1, 0.15) is 5.75 Å². The van der Waals surface area contributed by atoms with Gasteiger partial charge in [-0.1, -0.05) is 17.7 Å². The van der Waals surface area contributed by atoms with Gasteiger partial charge in [-0.05, 0) is 36.8 Å². The second-order valence-electron chi connectivity index (χ2n) is 5.03. The van der Waals surface area contributed by atoms with E-state index >= 15 is 0 Å². The van der Waals surface area contributed by atoms with E-state index in [0.717, 1.165) is 47.2 Å². The van der Waals surface area contributed by atoms with Crippen molar-refractivity contribution in [2.24, 2.45) is 0 Å². The number of ether oxygens (including phenoxy) is 1. The van der Waals surface area contributed by atoms with E-state index in [0.29, 0.717) is 0 Å². The maximum Gasteiger partial charge on any atom is 0.124 e. The number of pyridine rings is 1. The number of rotatable bonds is 3. The molecule has 0 amide bonds. The fourth-order valence-electron chi connectivity index (χ4n) is 2.45. The number of aromatic nitrogens is 1. The number of halogens is 1. The lowest BCUT2D eigenvalue weighted by molar-refractivity contribution is 0.252. The molecule has 0 radical (unpaired) electrons. The Balaban J connectivity index is 1.78. The van der Waals surface area contributed by atoms with Crippen LogP contribution in [0.15, 0.2) is 36.5 Å². The first-order chi connectivity index (χ1) is 9.74. The van der Waals surface area contributed by atoms with Gasteiger partial charge in [0.2, 0.25) is 0 Å². The van der Waals surface area contributed by atoms with Crippen molar-refractivity contribution >= 4 is 11.6 Å². The largest absolute Gasteiger partial charge is 0.493 e. The Labute approximate surface area is 123 Å². The predicted octanol–water partition coefficient (Wildman–Crippen LogP) is 3.66. The minimum atomic E-state index is 0.263. The lowest BCUT2D eigenvalue weighted by atomic mass is 9.99. The lowest BCUT2D eigenvalue weighted by Gasteiger charge is -2.27. The summed E-state index contributed by atoms with van der Waals surface area (Å²) in [6.45, 7) is 3.47. The Morgan fingerprint density at radius 2 is 2.30 bits per heavy atom. The molecule has 0 fully saturated rings. The molecular formula is C16H17ClN2O. The monoisotopic (exact) mass is 288 g/mol. The summed E-state index contributed by atoms with van der Waals surface area (Å²) in [5, 5.41) is 4.33. The van der Waals surface area contributed by atoms with Crippen molar-refractivity contribution in [3.63, 3.8) is 0 Å². The summed E-state index contributed by atoms with van der Waals surface area (Å²) in [5.74, 6) is 0.941. The molecule has 1 N–H and O–H groups in total. The Morgan fingerprint density at radius 3 is 3.10 bits per heavy atom. The number of benzene rings is 1. The summed E-state index contributed by atoms with van der Waals surface area (Å²) in [6.07, 6.45) is 2.76. The molecule has 104 valence electrons. The molecule has 1 aliphatic heterocycles. The fraction of sp³-hybridized carbons (Fsp3) is 0.312. The number of nitrogens with one attached hydrogen (secondary N) is 1. The fourth-order valence-corrected chi connectivity index (χ4v) is 2.62. The first-order valence-electron chi connectivity index (χ1n) is 6.80. The van der Waals surface area contributed by atoms with Gasteiger partial charge in [0, 0.05) is 35.8 Å². The van der Waals surface area contributed by atoms with Crippen molar-refractivity contribution in [1.29, 1.82) is 0 Å². The topological polar surface area (TPSA) is 34.2 Å². The van der Waals surface area contributed by atoms with Gasteiger partial charge in [-0.15, -0.1) is 0 Å². The van der Waals surface area contributed by atoms with Crippen LogP contribution in [-0.4, -0.2) is 11.6 Å². The molecule has 2 heterocycles. The maximum atomic E-state index is 6.23. The van der Waals surface area contributed by atoms with Crippen LogP contribution in [0.4, 0.5) is 0 Å². The third kappa shape index (κ3) is 2.79.